The molecule has 1 amide bonds. The first kappa shape index (κ1) is 15.4. The maximum absolute atomic E-state index is 12.6. The van der Waals surface area contributed by atoms with Gasteiger partial charge in [0.05, 0.1) is 5.41 Å². The zero-order valence-electron chi connectivity index (χ0n) is 12.2. The van der Waals surface area contributed by atoms with E-state index in [1.165, 1.54) is 0 Å². The van der Waals surface area contributed by atoms with Gasteiger partial charge < -0.3 is 15.7 Å². The van der Waals surface area contributed by atoms with Crippen LogP contribution in [0.2, 0.25) is 0 Å². The number of carbonyl (C=O) groups is 1. The molecule has 4 heteroatoms. The van der Waals surface area contributed by atoms with Gasteiger partial charge in [-0.05, 0) is 38.6 Å². The van der Waals surface area contributed by atoms with E-state index in [0.29, 0.717) is 12.3 Å². The van der Waals surface area contributed by atoms with Crippen molar-refractivity contribution in [3.63, 3.8) is 0 Å². The smallest absolute Gasteiger partial charge is 0.228 e. The van der Waals surface area contributed by atoms with E-state index in [4.69, 9.17) is 5.11 Å². The summed E-state index contributed by atoms with van der Waals surface area (Å²) in [6, 6.07) is 0. The number of hydrogen-bond acceptors (Lipinski definition) is 3. The fourth-order valence-corrected chi connectivity index (χ4v) is 2.63. The Balaban J connectivity index is 2.79. The molecular weight excluding hydrogens is 228 g/mol. The molecule has 1 rings (SSSR count). The van der Waals surface area contributed by atoms with Crippen molar-refractivity contribution in [2.24, 2.45) is 11.3 Å². The quantitative estimate of drug-likeness (QED) is 0.671. The lowest BCUT2D eigenvalue weighted by molar-refractivity contribution is -0.134. The molecule has 2 atom stereocenters. The Kier molecular flexibility index (Phi) is 5.17. The summed E-state index contributed by atoms with van der Waals surface area (Å²) in [5.74, 6) is 0.461. The number of amides is 1. The SMILES string of the molecule is CCC(C)(CCO)NC(=O)C1(C(C)C)CCNC1. The molecule has 1 fully saturated rings. The molecule has 0 aromatic heterocycles. The maximum Gasteiger partial charge on any atom is 0.228 e. The van der Waals surface area contributed by atoms with E-state index in [-0.39, 0.29) is 23.5 Å². The normalized spacial score (nSPS) is 27.2. The average molecular weight is 256 g/mol. The minimum Gasteiger partial charge on any atom is -0.396 e. The van der Waals surface area contributed by atoms with Crippen LogP contribution in [0.15, 0.2) is 0 Å². The molecule has 0 spiro atoms. The molecule has 4 nitrogen and oxygen atoms in total. The summed E-state index contributed by atoms with van der Waals surface area (Å²) >= 11 is 0. The number of hydrogen-bond donors (Lipinski definition) is 3. The second-order valence-electron chi connectivity index (χ2n) is 6.08. The molecule has 1 aliphatic heterocycles. The zero-order valence-corrected chi connectivity index (χ0v) is 12.2. The minimum absolute atomic E-state index is 0.109. The van der Waals surface area contributed by atoms with Gasteiger partial charge >= 0.3 is 0 Å². The molecule has 0 aromatic carbocycles. The van der Waals surface area contributed by atoms with Gasteiger partial charge in [-0.15, -0.1) is 0 Å². The standard InChI is InChI=1S/C14H28N2O2/c1-5-13(4,7-9-17)16-12(18)14(11(2)3)6-8-15-10-14/h11,15,17H,5-10H2,1-4H3,(H,16,18). The Morgan fingerprint density at radius 2 is 2.22 bits per heavy atom. The van der Waals surface area contributed by atoms with Crippen molar-refractivity contribution >= 4 is 5.91 Å². The number of carbonyl (C=O) groups excluding carboxylic acids is 1. The third-order valence-electron chi connectivity index (χ3n) is 4.60. The minimum atomic E-state index is -0.295. The molecular formula is C14H28N2O2. The van der Waals surface area contributed by atoms with E-state index < -0.39 is 0 Å². The first-order valence-electron chi connectivity index (χ1n) is 7.04. The van der Waals surface area contributed by atoms with Crippen molar-refractivity contribution in [2.45, 2.75) is 52.5 Å². The Bertz CT molecular complexity index is 286. The van der Waals surface area contributed by atoms with Crippen LogP contribution < -0.4 is 10.6 Å². The highest BCUT2D eigenvalue weighted by atomic mass is 16.3. The number of aliphatic hydroxyl groups excluding tert-OH is 1. The van der Waals surface area contributed by atoms with Crippen molar-refractivity contribution in [3.8, 4) is 0 Å². The predicted molar refractivity (Wildman–Crippen MR) is 73.3 cm³/mol. The summed E-state index contributed by atoms with van der Waals surface area (Å²) < 4.78 is 0. The van der Waals surface area contributed by atoms with E-state index in [2.05, 4.69) is 24.5 Å². The van der Waals surface area contributed by atoms with E-state index in [0.717, 1.165) is 25.9 Å². The highest BCUT2D eigenvalue weighted by molar-refractivity contribution is 5.84. The van der Waals surface area contributed by atoms with Crippen molar-refractivity contribution < 1.29 is 9.90 Å². The van der Waals surface area contributed by atoms with Crippen LogP contribution in [0.5, 0.6) is 0 Å². The van der Waals surface area contributed by atoms with Crippen LogP contribution in [0, 0.1) is 11.3 Å². The first-order chi connectivity index (χ1) is 8.40. The summed E-state index contributed by atoms with van der Waals surface area (Å²) in [4.78, 5) is 12.6. The zero-order chi connectivity index (χ0) is 13.8. The lowest BCUT2D eigenvalue weighted by Crippen LogP contribution is -2.54. The van der Waals surface area contributed by atoms with Gasteiger partial charge in [-0.3, -0.25) is 4.79 Å². The van der Waals surface area contributed by atoms with Gasteiger partial charge in [0.2, 0.25) is 5.91 Å². The van der Waals surface area contributed by atoms with Gasteiger partial charge in [0.25, 0.3) is 0 Å². The lowest BCUT2D eigenvalue weighted by Gasteiger charge is -2.37. The van der Waals surface area contributed by atoms with Gasteiger partial charge in [-0.25, -0.2) is 0 Å². The molecule has 0 aliphatic carbocycles. The van der Waals surface area contributed by atoms with E-state index in [1.807, 2.05) is 13.8 Å². The van der Waals surface area contributed by atoms with Crippen LogP contribution in [0.4, 0.5) is 0 Å². The van der Waals surface area contributed by atoms with E-state index in [9.17, 15) is 4.79 Å². The third kappa shape index (κ3) is 3.04. The van der Waals surface area contributed by atoms with Gasteiger partial charge in [-0.1, -0.05) is 20.8 Å². The van der Waals surface area contributed by atoms with Gasteiger partial charge in [0.15, 0.2) is 0 Å². The second kappa shape index (κ2) is 6.02. The lowest BCUT2D eigenvalue weighted by atomic mass is 9.75. The Labute approximate surface area is 111 Å². The summed E-state index contributed by atoms with van der Waals surface area (Å²) in [7, 11) is 0. The van der Waals surface area contributed by atoms with Gasteiger partial charge in [-0.2, -0.15) is 0 Å². The molecule has 1 heterocycles. The van der Waals surface area contributed by atoms with Gasteiger partial charge in [0, 0.05) is 18.7 Å². The van der Waals surface area contributed by atoms with E-state index >= 15 is 0 Å². The van der Waals surface area contributed by atoms with Crippen molar-refractivity contribution in [1.29, 1.82) is 0 Å². The molecule has 0 aromatic rings. The molecule has 1 saturated heterocycles. The predicted octanol–water partition coefficient (Wildman–Crippen LogP) is 1.29. The molecule has 106 valence electrons. The fourth-order valence-electron chi connectivity index (χ4n) is 2.63. The molecule has 0 saturated carbocycles. The van der Waals surface area contributed by atoms with Crippen molar-refractivity contribution in [1.82, 2.24) is 10.6 Å². The van der Waals surface area contributed by atoms with E-state index in [1.54, 1.807) is 0 Å². The third-order valence-corrected chi connectivity index (χ3v) is 4.60. The highest BCUT2D eigenvalue weighted by Crippen LogP contribution is 2.35. The summed E-state index contributed by atoms with van der Waals surface area (Å²) in [5.41, 5.74) is -0.581. The Morgan fingerprint density at radius 1 is 1.56 bits per heavy atom. The summed E-state index contributed by atoms with van der Waals surface area (Å²) in [6.07, 6.45) is 2.34. The number of rotatable bonds is 6. The van der Waals surface area contributed by atoms with Crippen molar-refractivity contribution in [3.05, 3.63) is 0 Å². The molecule has 3 N–H and O–H groups in total. The van der Waals surface area contributed by atoms with Crippen molar-refractivity contribution in [2.75, 3.05) is 19.7 Å². The largest absolute Gasteiger partial charge is 0.396 e. The average Bonchev–Trinajstić information content (AvgIpc) is 2.79. The molecule has 18 heavy (non-hydrogen) atoms. The topological polar surface area (TPSA) is 61.4 Å². The van der Waals surface area contributed by atoms with Crippen LogP contribution in [0.3, 0.4) is 0 Å². The van der Waals surface area contributed by atoms with Gasteiger partial charge in [0.1, 0.15) is 0 Å². The molecule has 0 bridgehead atoms. The Morgan fingerprint density at radius 3 is 2.61 bits per heavy atom. The molecule has 2 unspecified atom stereocenters. The second-order valence-corrected chi connectivity index (χ2v) is 6.08. The Hall–Kier alpha value is -0.610. The van der Waals surface area contributed by atoms with Crippen LogP contribution in [-0.2, 0) is 4.79 Å². The number of aliphatic hydroxyl groups is 1. The molecule has 0 radical (unpaired) electrons. The van der Waals surface area contributed by atoms with Crippen LogP contribution in [-0.4, -0.2) is 36.2 Å². The maximum atomic E-state index is 12.6. The van der Waals surface area contributed by atoms with Crippen LogP contribution in [0.1, 0.15) is 47.0 Å². The summed E-state index contributed by atoms with van der Waals surface area (Å²) in [6.45, 7) is 10.1. The fraction of sp³-hybridized carbons (Fsp3) is 0.929. The first-order valence-corrected chi connectivity index (χ1v) is 7.04. The highest BCUT2D eigenvalue weighted by Gasteiger charge is 2.45. The monoisotopic (exact) mass is 256 g/mol. The molecule has 1 aliphatic rings. The number of nitrogens with one attached hydrogen (secondary N) is 2. The van der Waals surface area contributed by atoms with Crippen LogP contribution >= 0.6 is 0 Å². The van der Waals surface area contributed by atoms with Crippen LogP contribution in [0.25, 0.3) is 0 Å². The summed E-state index contributed by atoms with van der Waals surface area (Å²) in [5, 5.41) is 15.6.